The summed E-state index contributed by atoms with van der Waals surface area (Å²) in [5.74, 6) is 0.255. The quantitative estimate of drug-likeness (QED) is 0.120. The summed E-state index contributed by atoms with van der Waals surface area (Å²) in [6.07, 6.45) is 4.06. The van der Waals surface area contributed by atoms with Crippen molar-refractivity contribution in [3.63, 3.8) is 0 Å². The number of aromatic nitrogens is 1. The van der Waals surface area contributed by atoms with E-state index in [9.17, 15) is 14.4 Å². The number of aromatic amines is 1. The number of rotatable bonds is 16. The summed E-state index contributed by atoms with van der Waals surface area (Å²) in [5.41, 5.74) is 7.41. The fraction of sp³-hybridized carbons (Fsp3) is 0.564. The number of carbonyl (C=O) groups is 3. The maximum absolute atomic E-state index is 13.6. The van der Waals surface area contributed by atoms with Crippen LogP contribution >= 0.6 is 0 Å². The van der Waals surface area contributed by atoms with Crippen LogP contribution in [-0.4, -0.2) is 76.5 Å². The van der Waals surface area contributed by atoms with Crippen LogP contribution in [0.15, 0.2) is 54.7 Å². The van der Waals surface area contributed by atoms with Crippen molar-refractivity contribution in [2.45, 2.75) is 123 Å². The number of primary amides is 1. The Hall–Kier alpha value is -4.25. The molecule has 3 amide bonds. The lowest BCUT2D eigenvalue weighted by molar-refractivity contribution is -0.120. The van der Waals surface area contributed by atoms with Crippen LogP contribution in [0.25, 0.3) is 10.9 Å². The van der Waals surface area contributed by atoms with Crippen LogP contribution in [0.2, 0.25) is 0 Å². The van der Waals surface area contributed by atoms with Crippen LogP contribution < -0.4 is 21.1 Å². The minimum Gasteiger partial charge on any atom is -0.488 e. The Balaban J connectivity index is 1.79. The van der Waals surface area contributed by atoms with Gasteiger partial charge in [0.15, 0.2) is 0 Å². The summed E-state index contributed by atoms with van der Waals surface area (Å²) in [6.45, 7) is 18.1. The maximum Gasteiger partial charge on any atom is 0.410 e. The second kappa shape index (κ2) is 17.6. The largest absolute Gasteiger partial charge is 0.488 e. The minimum absolute atomic E-state index is 0.291. The highest BCUT2D eigenvalue weighted by molar-refractivity contribution is 5.83. The number of ether oxygens (including phenoxy) is 3. The van der Waals surface area contributed by atoms with Crippen LogP contribution in [0.5, 0.6) is 5.75 Å². The highest BCUT2D eigenvalue weighted by Gasteiger charge is 2.28. The molecule has 0 bridgehead atoms. The zero-order valence-corrected chi connectivity index (χ0v) is 31.5. The smallest absolute Gasteiger partial charge is 0.410 e. The molecule has 276 valence electrons. The van der Waals surface area contributed by atoms with E-state index in [4.69, 9.17) is 19.9 Å². The molecule has 3 aromatic rings. The normalized spacial score (nSPS) is 13.4. The summed E-state index contributed by atoms with van der Waals surface area (Å²) in [6, 6.07) is 14.7. The van der Waals surface area contributed by atoms with E-state index in [0.717, 1.165) is 27.8 Å². The molecule has 0 spiro atoms. The van der Waals surface area contributed by atoms with Crippen LogP contribution in [0.1, 0.15) is 92.7 Å². The molecule has 0 aliphatic rings. The van der Waals surface area contributed by atoms with Gasteiger partial charge >= 0.3 is 12.2 Å². The maximum atomic E-state index is 13.6. The zero-order chi connectivity index (χ0) is 37.1. The Morgan fingerprint density at radius 1 is 0.860 bits per heavy atom. The van der Waals surface area contributed by atoms with E-state index in [2.05, 4.69) is 21.7 Å². The lowest BCUT2D eigenvalue weighted by Gasteiger charge is -2.32. The number of fused-ring (bicyclic) bond motifs is 1. The monoisotopic (exact) mass is 693 g/mol. The number of nitrogens with one attached hydrogen (secondary N) is 3. The van der Waals surface area contributed by atoms with Gasteiger partial charge in [-0.1, -0.05) is 36.8 Å². The van der Waals surface area contributed by atoms with Crippen molar-refractivity contribution >= 4 is 29.0 Å². The van der Waals surface area contributed by atoms with Gasteiger partial charge in [-0.25, -0.2) is 9.59 Å². The van der Waals surface area contributed by atoms with E-state index in [1.807, 2.05) is 111 Å². The summed E-state index contributed by atoms with van der Waals surface area (Å²) in [4.78, 5) is 43.6. The topological polar surface area (TPSA) is 148 Å². The van der Waals surface area contributed by atoms with Gasteiger partial charge in [-0.3, -0.25) is 4.79 Å². The van der Waals surface area contributed by atoms with Gasteiger partial charge in [0.05, 0.1) is 6.04 Å². The number of hydrogen-bond donors (Lipinski definition) is 4. The molecule has 50 heavy (non-hydrogen) atoms. The number of alkyl carbamates (subject to hydrolysis) is 1. The van der Waals surface area contributed by atoms with E-state index in [1.165, 1.54) is 0 Å². The van der Waals surface area contributed by atoms with Crippen molar-refractivity contribution in [2.75, 3.05) is 19.6 Å². The third kappa shape index (κ3) is 14.7. The molecule has 0 radical (unpaired) electrons. The van der Waals surface area contributed by atoms with Crippen molar-refractivity contribution < 1.29 is 28.6 Å². The molecule has 11 heteroatoms. The average molecular weight is 694 g/mol. The van der Waals surface area contributed by atoms with Crippen LogP contribution in [0.3, 0.4) is 0 Å². The first-order valence-electron chi connectivity index (χ1n) is 17.6. The van der Waals surface area contributed by atoms with Crippen LogP contribution in [0, 0.1) is 0 Å². The molecular weight excluding hydrogens is 634 g/mol. The number of H-pyrrole nitrogens is 1. The fourth-order valence-electron chi connectivity index (χ4n) is 5.50. The van der Waals surface area contributed by atoms with Gasteiger partial charge in [-0.15, -0.1) is 0 Å². The second-order valence-corrected chi connectivity index (χ2v) is 15.8. The van der Waals surface area contributed by atoms with Crippen LogP contribution in [0.4, 0.5) is 9.59 Å². The first-order chi connectivity index (χ1) is 23.3. The van der Waals surface area contributed by atoms with E-state index >= 15 is 0 Å². The number of para-hydroxylation sites is 1. The molecule has 0 aliphatic heterocycles. The van der Waals surface area contributed by atoms with Gasteiger partial charge in [0, 0.05) is 42.8 Å². The number of amides is 3. The SMILES string of the molecule is CC(C)(C)OC(=O)NCCCC[C@@H](CN(CCc1c[nH]c2ccccc12)C(=O)OC(C)(C)C)N[C@@H](Cc1ccc(OC(C)(C)C)cc1)C(N)=O. The van der Waals surface area contributed by atoms with Crippen molar-refractivity contribution in [1.82, 2.24) is 20.5 Å². The van der Waals surface area contributed by atoms with Gasteiger partial charge in [0.25, 0.3) is 0 Å². The van der Waals surface area contributed by atoms with Crippen LogP contribution in [-0.2, 0) is 27.1 Å². The number of unbranched alkanes of at least 4 members (excludes halogenated alkanes) is 1. The third-order valence-electron chi connectivity index (χ3n) is 7.63. The number of benzene rings is 2. The van der Waals surface area contributed by atoms with E-state index in [0.29, 0.717) is 51.7 Å². The molecule has 1 aromatic heterocycles. The molecule has 3 rings (SSSR count). The van der Waals surface area contributed by atoms with Crippen molar-refractivity contribution in [3.05, 3.63) is 65.9 Å². The predicted octanol–water partition coefficient (Wildman–Crippen LogP) is 6.87. The Bertz CT molecular complexity index is 1530. The number of nitrogens with zero attached hydrogens (tertiary/aromatic N) is 1. The first-order valence-corrected chi connectivity index (χ1v) is 17.6. The molecule has 0 saturated heterocycles. The summed E-state index contributed by atoms with van der Waals surface area (Å²) in [5, 5.41) is 7.40. The second-order valence-electron chi connectivity index (χ2n) is 15.8. The molecule has 0 saturated carbocycles. The lowest BCUT2D eigenvalue weighted by atomic mass is 10.0. The molecule has 0 unspecified atom stereocenters. The highest BCUT2D eigenvalue weighted by Crippen LogP contribution is 2.21. The third-order valence-corrected chi connectivity index (χ3v) is 7.63. The fourth-order valence-corrected chi connectivity index (χ4v) is 5.50. The minimum atomic E-state index is -0.691. The Morgan fingerprint density at radius 2 is 1.52 bits per heavy atom. The standard InChI is InChI=1S/C39H59N5O6/c1-37(2,3)48-30-19-17-27(18-20-30)24-33(34(40)45)43-29(14-12-13-22-41-35(46)49-38(4,5)6)26-44(36(47)50-39(7,8)9)23-21-28-25-42-32-16-11-10-15-31(28)32/h10-11,15-20,25,29,33,42-43H,12-14,21-24,26H2,1-9H3,(H2,40,45)(H,41,46)/t29-,33-/m0/s1. The molecule has 2 aromatic carbocycles. The summed E-state index contributed by atoms with van der Waals surface area (Å²) < 4.78 is 17.2. The van der Waals surface area contributed by atoms with E-state index < -0.39 is 35.3 Å². The molecule has 1 heterocycles. The summed E-state index contributed by atoms with van der Waals surface area (Å²) in [7, 11) is 0. The molecular formula is C39H59N5O6. The molecule has 0 aliphatic carbocycles. The summed E-state index contributed by atoms with van der Waals surface area (Å²) >= 11 is 0. The van der Waals surface area contributed by atoms with Gasteiger partial charge < -0.3 is 40.5 Å². The van der Waals surface area contributed by atoms with E-state index in [1.54, 1.807) is 4.90 Å². The highest BCUT2D eigenvalue weighted by atomic mass is 16.6. The van der Waals surface area contributed by atoms with Gasteiger partial charge in [0.2, 0.25) is 5.91 Å². The molecule has 11 nitrogen and oxygen atoms in total. The first kappa shape index (κ1) is 40.2. The van der Waals surface area contributed by atoms with Crippen molar-refractivity contribution in [3.8, 4) is 5.75 Å². The van der Waals surface area contributed by atoms with Crippen molar-refractivity contribution in [1.29, 1.82) is 0 Å². The lowest BCUT2D eigenvalue weighted by Crippen LogP contribution is -2.53. The average Bonchev–Trinajstić information content (AvgIpc) is 3.39. The zero-order valence-electron chi connectivity index (χ0n) is 31.5. The Morgan fingerprint density at radius 3 is 2.14 bits per heavy atom. The molecule has 0 fully saturated rings. The number of carbonyl (C=O) groups excluding carboxylic acids is 3. The van der Waals surface area contributed by atoms with Gasteiger partial charge in [-0.2, -0.15) is 0 Å². The van der Waals surface area contributed by atoms with Gasteiger partial charge in [-0.05, 0) is 117 Å². The van der Waals surface area contributed by atoms with Crippen molar-refractivity contribution in [2.24, 2.45) is 5.73 Å². The molecule has 5 N–H and O–H groups in total. The van der Waals surface area contributed by atoms with Gasteiger partial charge in [0.1, 0.15) is 22.6 Å². The van der Waals surface area contributed by atoms with E-state index in [-0.39, 0.29) is 11.6 Å². The molecule has 2 atom stereocenters. The predicted molar refractivity (Wildman–Crippen MR) is 198 cm³/mol. The number of hydrogen-bond acceptors (Lipinski definition) is 7. The Labute approximate surface area is 298 Å². The Kier molecular flexibility index (Phi) is 14.1. The number of nitrogens with two attached hydrogens (primary N) is 1.